The molecule has 1 aromatic heterocycles. The number of hydrogen-bond donors (Lipinski definition) is 2. The molecule has 4 heteroatoms. The SMILES string of the molecule is Cc1cccc(/C=C(\C#N)c2nc3ccccc3[nH]2)c1O. The third-order valence-electron chi connectivity index (χ3n) is 3.33. The van der Waals surface area contributed by atoms with E-state index in [-0.39, 0.29) is 5.75 Å². The van der Waals surface area contributed by atoms with E-state index >= 15 is 0 Å². The van der Waals surface area contributed by atoms with Crippen LogP contribution >= 0.6 is 0 Å². The molecule has 0 aliphatic heterocycles. The summed E-state index contributed by atoms with van der Waals surface area (Å²) in [6.07, 6.45) is 1.64. The van der Waals surface area contributed by atoms with Gasteiger partial charge in [0.05, 0.1) is 16.6 Å². The summed E-state index contributed by atoms with van der Waals surface area (Å²) in [6.45, 7) is 1.82. The number of allylic oxidation sites excluding steroid dienone is 1. The first-order valence-electron chi connectivity index (χ1n) is 6.54. The molecule has 0 aliphatic rings. The average molecular weight is 275 g/mol. The van der Waals surface area contributed by atoms with Crippen molar-refractivity contribution in [3.05, 3.63) is 59.4 Å². The Bertz CT molecular complexity index is 851. The third kappa shape index (κ3) is 2.37. The number of nitrogens with zero attached hydrogens (tertiary/aromatic N) is 2. The predicted molar refractivity (Wildman–Crippen MR) is 82.4 cm³/mol. The lowest BCUT2D eigenvalue weighted by molar-refractivity contribution is 0.470. The standard InChI is InChI=1S/C17H13N3O/c1-11-5-4-6-12(16(11)21)9-13(10-18)17-19-14-7-2-3-8-15(14)20-17/h2-9,21H,1H3,(H,19,20)/b13-9+. The second-order valence-electron chi connectivity index (χ2n) is 4.79. The molecule has 0 spiro atoms. The number of aryl methyl sites for hydroxylation is 1. The molecule has 0 saturated heterocycles. The highest BCUT2D eigenvalue weighted by molar-refractivity contribution is 5.91. The van der Waals surface area contributed by atoms with Gasteiger partial charge in [-0.3, -0.25) is 0 Å². The van der Waals surface area contributed by atoms with E-state index in [0.717, 1.165) is 16.6 Å². The van der Waals surface area contributed by atoms with Crippen LogP contribution in [0.5, 0.6) is 5.75 Å². The van der Waals surface area contributed by atoms with Crippen molar-refractivity contribution in [2.45, 2.75) is 6.92 Å². The molecule has 0 fully saturated rings. The minimum atomic E-state index is 0.182. The van der Waals surface area contributed by atoms with Crippen molar-refractivity contribution in [3.63, 3.8) is 0 Å². The van der Waals surface area contributed by atoms with E-state index in [2.05, 4.69) is 16.0 Å². The number of phenolic OH excluding ortho intramolecular Hbond substituents is 1. The van der Waals surface area contributed by atoms with Gasteiger partial charge in [-0.1, -0.05) is 30.3 Å². The summed E-state index contributed by atoms with van der Waals surface area (Å²) < 4.78 is 0. The summed E-state index contributed by atoms with van der Waals surface area (Å²) in [7, 11) is 0. The molecule has 0 bridgehead atoms. The normalized spacial score (nSPS) is 11.5. The van der Waals surface area contributed by atoms with Gasteiger partial charge in [0.25, 0.3) is 0 Å². The van der Waals surface area contributed by atoms with Gasteiger partial charge in [-0.25, -0.2) is 4.98 Å². The number of imidazole rings is 1. The van der Waals surface area contributed by atoms with Crippen molar-refractivity contribution in [2.75, 3.05) is 0 Å². The van der Waals surface area contributed by atoms with Gasteiger partial charge in [0.1, 0.15) is 17.6 Å². The number of rotatable bonds is 2. The maximum Gasteiger partial charge on any atom is 0.149 e. The summed E-state index contributed by atoms with van der Waals surface area (Å²) in [5.41, 5.74) is 3.44. The maximum atomic E-state index is 10.0. The molecule has 3 aromatic rings. The van der Waals surface area contributed by atoms with Crippen LogP contribution in [0, 0.1) is 18.3 Å². The molecular formula is C17H13N3O. The zero-order valence-electron chi connectivity index (χ0n) is 11.5. The first kappa shape index (κ1) is 12.9. The van der Waals surface area contributed by atoms with Crippen LogP contribution in [0.2, 0.25) is 0 Å². The van der Waals surface area contributed by atoms with Crippen LogP contribution in [0.4, 0.5) is 0 Å². The summed E-state index contributed by atoms with van der Waals surface area (Å²) in [5.74, 6) is 0.681. The van der Waals surface area contributed by atoms with Gasteiger partial charge in [-0.2, -0.15) is 5.26 Å². The molecular weight excluding hydrogens is 262 g/mol. The zero-order valence-corrected chi connectivity index (χ0v) is 11.5. The number of H-pyrrole nitrogens is 1. The first-order valence-corrected chi connectivity index (χ1v) is 6.54. The van der Waals surface area contributed by atoms with E-state index in [1.807, 2.05) is 43.3 Å². The molecule has 2 aromatic carbocycles. The highest BCUT2D eigenvalue weighted by Gasteiger charge is 2.09. The molecule has 21 heavy (non-hydrogen) atoms. The Kier molecular flexibility index (Phi) is 3.17. The van der Waals surface area contributed by atoms with E-state index in [0.29, 0.717) is 17.0 Å². The molecule has 0 unspecified atom stereocenters. The lowest BCUT2D eigenvalue weighted by Crippen LogP contribution is -1.86. The van der Waals surface area contributed by atoms with Gasteiger partial charge < -0.3 is 10.1 Å². The third-order valence-corrected chi connectivity index (χ3v) is 3.33. The number of nitrogens with one attached hydrogen (secondary N) is 1. The number of aromatic hydroxyl groups is 1. The minimum Gasteiger partial charge on any atom is -0.507 e. The first-order chi connectivity index (χ1) is 10.2. The van der Waals surface area contributed by atoms with Crippen LogP contribution in [0.3, 0.4) is 0 Å². The van der Waals surface area contributed by atoms with Gasteiger partial charge in [0.15, 0.2) is 0 Å². The lowest BCUT2D eigenvalue weighted by Gasteiger charge is -2.02. The topological polar surface area (TPSA) is 72.7 Å². The van der Waals surface area contributed by atoms with Gasteiger partial charge in [0, 0.05) is 5.56 Å². The molecule has 3 rings (SSSR count). The van der Waals surface area contributed by atoms with Gasteiger partial charge in [-0.05, 0) is 30.7 Å². The zero-order chi connectivity index (χ0) is 14.8. The Morgan fingerprint density at radius 3 is 2.81 bits per heavy atom. The number of fused-ring (bicyclic) bond motifs is 1. The summed E-state index contributed by atoms with van der Waals surface area (Å²) in [6, 6.07) is 15.2. The van der Waals surface area contributed by atoms with Crippen LogP contribution < -0.4 is 0 Å². The summed E-state index contributed by atoms with van der Waals surface area (Å²) in [5, 5.41) is 19.4. The van der Waals surface area contributed by atoms with Crippen molar-refractivity contribution in [1.82, 2.24) is 9.97 Å². The quantitative estimate of drug-likeness (QED) is 0.701. The minimum absolute atomic E-state index is 0.182. The molecule has 1 heterocycles. The second kappa shape index (κ2) is 5.14. The fraction of sp³-hybridized carbons (Fsp3) is 0.0588. The molecule has 0 radical (unpaired) electrons. The highest BCUT2D eigenvalue weighted by atomic mass is 16.3. The van der Waals surface area contributed by atoms with E-state index in [1.54, 1.807) is 12.1 Å². The van der Waals surface area contributed by atoms with Crippen molar-refractivity contribution in [3.8, 4) is 11.8 Å². The number of hydrogen-bond acceptors (Lipinski definition) is 3. The van der Waals surface area contributed by atoms with Crippen LogP contribution in [0.1, 0.15) is 17.0 Å². The highest BCUT2D eigenvalue weighted by Crippen LogP contribution is 2.26. The molecule has 2 N–H and O–H groups in total. The molecule has 0 saturated carbocycles. The number of phenols is 1. The average Bonchev–Trinajstić information content (AvgIpc) is 2.92. The Morgan fingerprint density at radius 1 is 1.24 bits per heavy atom. The summed E-state index contributed by atoms with van der Waals surface area (Å²) in [4.78, 5) is 7.52. The Morgan fingerprint density at radius 2 is 2.05 bits per heavy atom. The van der Waals surface area contributed by atoms with Gasteiger partial charge >= 0.3 is 0 Å². The van der Waals surface area contributed by atoms with Gasteiger partial charge in [-0.15, -0.1) is 0 Å². The Hall–Kier alpha value is -3.06. The smallest absolute Gasteiger partial charge is 0.149 e. The van der Waals surface area contributed by atoms with Crippen LogP contribution in [0.15, 0.2) is 42.5 Å². The van der Waals surface area contributed by atoms with Gasteiger partial charge in [0.2, 0.25) is 0 Å². The van der Waals surface area contributed by atoms with Crippen molar-refractivity contribution in [1.29, 1.82) is 5.26 Å². The van der Waals surface area contributed by atoms with E-state index in [4.69, 9.17) is 0 Å². The monoisotopic (exact) mass is 275 g/mol. The van der Waals surface area contributed by atoms with E-state index in [1.165, 1.54) is 0 Å². The fourth-order valence-corrected chi connectivity index (χ4v) is 2.19. The van der Waals surface area contributed by atoms with Crippen LogP contribution in [-0.2, 0) is 0 Å². The van der Waals surface area contributed by atoms with Crippen LogP contribution in [0.25, 0.3) is 22.7 Å². The Labute approximate surface area is 122 Å². The largest absolute Gasteiger partial charge is 0.507 e. The molecule has 0 aliphatic carbocycles. The number of benzene rings is 2. The second-order valence-corrected chi connectivity index (χ2v) is 4.79. The van der Waals surface area contributed by atoms with E-state index < -0.39 is 0 Å². The Balaban J connectivity index is 2.11. The fourth-order valence-electron chi connectivity index (χ4n) is 2.19. The maximum absolute atomic E-state index is 10.0. The van der Waals surface area contributed by atoms with Crippen molar-refractivity contribution >= 4 is 22.7 Å². The van der Waals surface area contributed by atoms with E-state index in [9.17, 15) is 10.4 Å². The molecule has 0 atom stereocenters. The molecule has 4 nitrogen and oxygen atoms in total. The van der Waals surface area contributed by atoms with Crippen molar-refractivity contribution in [2.24, 2.45) is 0 Å². The van der Waals surface area contributed by atoms with Crippen LogP contribution in [-0.4, -0.2) is 15.1 Å². The number of aromatic nitrogens is 2. The molecule has 102 valence electrons. The molecule has 0 amide bonds. The number of aromatic amines is 1. The lowest BCUT2D eigenvalue weighted by atomic mass is 10.1. The van der Waals surface area contributed by atoms with Crippen molar-refractivity contribution < 1.29 is 5.11 Å². The number of nitriles is 1. The summed E-state index contributed by atoms with van der Waals surface area (Å²) >= 11 is 0. The number of para-hydroxylation sites is 3. The predicted octanol–water partition coefficient (Wildman–Crippen LogP) is 3.64.